The summed E-state index contributed by atoms with van der Waals surface area (Å²) in [5.74, 6) is 0.153. The van der Waals surface area contributed by atoms with E-state index in [0.717, 1.165) is 5.69 Å². The molecule has 0 heterocycles. The first kappa shape index (κ1) is 18.1. The van der Waals surface area contributed by atoms with Gasteiger partial charge >= 0.3 is 0 Å². The quantitative estimate of drug-likeness (QED) is 0.592. The van der Waals surface area contributed by atoms with Gasteiger partial charge in [-0.15, -0.1) is 0 Å². The van der Waals surface area contributed by atoms with Crippen LogP contribution in [0.4, 0.5) is 22.7 Å². The van der Waals surface area contributed by atoms with Crippen molar-refractivity contribution in [2.24, 2.45) is 0 Å². The number of hydrogen-bond donors (Lipinski definition) is 2. The van der Waals surface area contributed by atoms with E-state index in [2.05, 4.69) is 10.6 Å². The lowest BCUT2D eigenvalue weighted by Gasteiger charge is -2.13. The molecule has 0 radical (unpaired) electrons. The smallest absolute Gasteiger partial charge is 0.271 e. The highest BCUT2D eigenvalue weighted by molar-refractivity contribution is 5.94. The maximum atomic E-state index is 12.1. The Morgan fingerprint density at radius 1 is 1.20 bits per heavy atom. The lowest BCUT2D eigenvalue weighted by molar-refractivity contribution is -0.384. The van der Waals surface area contributed by atoms with Gasteiger partial charge in [0.2, 0.25) is 5.91 Å². The van der Waals surface area contributed by atoms with E-state index in [4.69, 9.17) is 4.74 Å². The third-order valence-corrected chi connectivity index (χ3v) is 3.50. The van der Waals surface area contributed by atoms with Crippen LogP contribution in [0.15, 0.2) is 42.5 Å². The number of ether oxygens (including phenoxy) is 1. The second-order valence-corrected chi connectivity index (χ2v) is 5.48. The van der Waals surface area contributed by atoms with Crippen LogP contribution in [0.3, 0.4) is 0 Å². The fourth-order valence-corrected chi connectivity index (χ4v) is 2.17. The predicted molar refractivity (Wildman–Crippen MR) is 97.5 cm³/mol. The lowest BCUT2D eigenvalue weighted by Crippen LogP contribution is -2.22. The average molecular weight is 344 g/mol. The highest BCUT2D eigenvalue weighted by atomic mass is 16.6. The van der Waals surface area contributed by atoms with Gasteiger partial charge in [0.1, 0.15) is 5.75 Å². The molecule has 0 unspecified atom stereocenters. The van der Waals surface area contributed by atoms with Gasteiger partial charge in [-0.25, -0.2) is 0 Å². The largest absolute Gasteiger partial charge is 0.495 e. The van der Waals surface area contributed by atoms with Crippen LogP contribution >= 0.6 is 0 Å². The molecule has 0 aliphatic heterocycles. The Bertz CT molecular complexity index is 760. The Morgan fingerprint density at radius 2 is 1.88 bits per heavy atom. The van der Waals surface area contributed by atoms with E-state index in [1.54, 1.807) is 12.1 Å². The third kappa shape index (κ3) is 4.84. The molecule has 132 valence electrons. The van der Waals surface area contributed by atoms with Crippen LogP contribution in [0.2, 0.25) is 0 Å². The van der Waals surface area contributed by atoms with Crippen molar-refractivity contribution in [1.82, 2.24) is 0 Å². The summed E-state index contributed by atoms with van der Waals surface area (Å²) in [5, 5.41) is 16.5. The zero-order chi connectivity index (χ0) is 18.4. The Kier molecular flexibility index (Phi) is 5.78. The number of nitro benzene ring substituents is 1. The standard InChI is InChI=1S/C17H20N4O4/c1-20(2)13-6-4-12(5-7-13)19-17(22)11-18-15-10-14(21(23)24)8-9-16(15)25-3/h4-10,18H,11H2,1-3H3,(H,19,22). The first-order valence-electron chi connectivity index (χ1n) is 7.54. The number of nitrogens with one attached hydrogen (secondary N) is 2. The van der Waals surface area contributed by atoms with Crippen LogP contribution in [-0.2, 0) is 4.79 Å². The summed E-state index contributed by atoms with van der Waals surface area (Å²) in [7, 11) is 5.33. The van der Waals surface area contributed by atoms with Gasteiger partial charge in [0.05, 0.1) is 24.3 Å². The molecule has 2 rings (SSSR count). The maximum Gasteiger partial charge on any atom is 0.271 e. The summed E-state index contributed by atoms with van der Waals surface area (Å²) in [6.45, 7) is -0.0487. The molecule has 0 fully saturated rings. The highest BCUT2D eigenvalue weighted by Crippen LogP contribution is 2.28. The average Bonchev–Trinajstić information content (AvgIpc) is 2.60. The molecule has 2 N–H and O–H groups in total. The molecule has 0 bridgehead atoms. The van der Waals surface area contributed by atoms with E-state index in [-0.39, 0.29) is 18.1 Å². The molecule has 1 amide bonds. The van der Waals surface area contributed by atoms with Gasteiger partial charge < -0.3 is 20.3 Å². The zero-order valence-corrected chi connectivity index (χ0v) is 14.3. The number of anilines is 3. The Labute approximate surface area is 145 Å². The fraction of sp³-hybridized carbons (Fsp3) is 0.235. The molecule has 2 aromatic carbocycles. The van der Waals surface area contributed by atoms with Gasteiger partial charge in [0.25, 0.3) is 5.69 Å². The third-order valence-electron chi connectivity index (χ3n) is 3.50. The van der Waals surface area contributed by atoms with Crippen molar-refractivity contribution in [1.29, 1.82) is 0 Å². The molecule has 0 saturated carbocycles. The zero-order valence-electron chi connectivity index (χ0n) is 14.3. The Morgan fingerprint density at radius 3 is 2.44 bits per heavy atom. The summed E-state index contributed by atoms with van der Waals surface area (Å²) >= 11 is 0. The maximum absolute atomic E-state index is 12.1. The summed E-state index contributed by atoms with van der Waals surface area (Å²) in [6, 6.07) is 11.6. The first-order chi connectivity index (χ1) is 11.9. The molecule has 0 atom stereocenters. The molecule has 8 nitrogen and oxygen atoms in total. The molecule has 0 spiro atoms. The number of nitro groups is 1. The van der Waals surface area contributed by atoms with Crippen LogP contribution in [-0.4, -0.2) is 38.6 Å². The van der Waals surface area contributed by atoms with Crippen molar-refractivity contribution in [2.45, 2.75) is 0 Å². The van der Waals surface area contributed by atoms with E-state index >= 15 is 0 Å². The summed E-state index contributed by atoms with van der Waals surface area (Å²) < 4.78 is 5.14. The molecular formula is C17H20N4O4. The minimum Gasteiger partial charge on any atom is -0.495 e. The molecule has 0 saturated heterocycles. The molecule has 8 heteroatoms. The molecule has 0 aromatic heterocycles. The minimum atomic E-state index is -0.503. The number of methoxy groups -OCH3 is 1. The van der Waals surface area contributed by atoms with E-state index < -0.39 is 4.92 Å². The molecule has 2 aromatic rings. The van der Waals surface area contributed by atoms with Crippen molar-refractivity contribution in [2.75, 3.05) is 43.3 Å². The number of nitrogens with zero attached hydrogens (tertiary/aromatic N) is 2. The number of non-ortho nitro benzene ring substituents is 1. The van der Waals surface area contributed by atoms with Gasteiger partial charge in [-0.3, -0.25) is 14.9 Å². The number of amides is 1. The van der Waals surface area contributed by atoms with Crippen molar-refractivity contribution in [3.8, 4) is 5.75 Å². The van der Waals surface area contributed by atoms with Gasteiger partial charge in [0.15, 0.2) is 0 Å². The van der Waals surface area contributed by atoms with Crippen molar-refractivity contribution < 1.29 is 14.5 Å². The lowest BCUT2D eigenvalue weighted by atomic mass is 10.2. The van der Waals surface area contributed by atoms with E-state index in [9.17, 15) is 14.9 Å². The fourth-order valence-electron chi connectivity index (χ4n) is 2.17. The van der Waals surface area contributed by atoms with Crippen LogP contribution in [0.5, 0.6) is 5.75 Å². The first-order valence-corrected chi connectivity index (χ1v) is 7.54. The second-order valence-electron chi connectivity index (χ2n) is 5.48. The Balaban J connectivity index is 1.99. The van der Waals surface area contributed by atoms with Gasteiger partial charge in [0, 0.05) is 37.6 Å². The molecule has 0 aliphatic rings. The van der Waals surface area contributed by atoms with E-state index in [1.807, 2.05) is 31.1 Å². The molecule has 0 aliphatic carbocycles. The number of rotatable bonds is 7. The van der Waals surface area contributed by atoms with E-state index in [0.29, 0.717) is 17.1 Å². The number of carbonyl (C=O) groups excluding carboxylic acids is 1. The molecule has 25 heavy (non-hydrogen) atoms. The summed E-state index contributed by atoms with van der Waals surface area (Å²) in [6.07, 6.45) is 0. The normalized spacial score (nSPS) is 10.0. The van der Waals surface area contributed by atoms with E-state index in [1.165, 1.54) is 25.3 Å². The minimum absolute atomic E-state index is 0.0487. The summed E-state index contributed by atoms with van der Waals surface area (Å²) in [4.78, 5) is 24.4. The van der Waals surface area contributed by atoms with Gasteiger partial charge in [-0.1, -0.05) is 0 Å². The van der Waals surface area contributed by atoms with Crippen molar-refractivity contribution in [3.05, 3.63) is 52.6 Å². The molecular weight excluding hydrogens is 324 g/mol. The van der Waals surface area contributed by atoms with Crippen LogP contribution in [0.1, 0.15) is 0 Å². The topological polar surface area (TPSA) is 96.7 Å². The SMILES string of the molecule is COc1ccc([N+](=O)[O-])cc1NCC(=O)Nc1ccc(N(C)C)cc1. The Hall–Kier alpha value is -3.29. The monoisotopic (exact) mass is 344 g/mol. The summed E-state index contributed by atoms with van der Waals surface area (Å²) in [5.41, 5.74) is 2.00. The number of hydrogen-bond acceptors (Lipinski definition) is 6. The van der Waals surface area contributed by atoms with Crippen LogP contribution in [0, 0.1) is 10.1 Å². The highest BCUT2D eigenvalue weighted by Gasteiger charge is 2.12. The number of benzene rings is 2. The predicted octanol–water partition coefficient (Wildman–Crippen LogP) is 2.72. The second kappa shape index (κ2) is 8.00. The van der Waals surface area contributed by atoms with Gasteiger partial charge in [-0.2, -0.15) is 0 Å². The van der Waals surface area contributed by atoms with Gasteiger partial charge in [-0.05, 0) is 30.3 Å². The van der Waals surface area contributed by atoms with Crippen LogP contribution < -0.4 is 20.3 Å². The van der Waals surface area contributed by atoms with Crippen molar-refractivity contribution >= 4 is 28.7 Å². The number of carbonyl (C=O) groups is 1. The van der Waals surface area contributed by atoms with Crippen LogP contribution in [0.25, 0.3) is 0 Å². The van der Waals surface area contributed by atoms with Crippen molar-refractivity contribution in [3.63, 3.8) is 0 Å².